The van der Waals surface area contributed by atoms with Gasteiger partial charge in [-0.05, 0) is 24.3 Å². The van der Waals surface area contributed by atoms with Gasteiger partial charge in [-0.25, -0.2) is 13.1 Å². The normalized spacial score (nSPS) is 17.4. The van der Waals surface area contributed by atoms with Gasteiger partial charge in [-0.3, -0.25) is 0 Å². The Morgan fingerprint density at radius 3 is 2.64 bits per heavy atom. The van der Waals surface area contributed by atoms with Crippen LogP contribution in [0.2, 0.25) is 0 Å². The predicted molar refractivity (Wildman–Crippen MR) is 97.2 cm³/mol. The van der Waals surface area contributed by atoms with Crippen LogP contribution in [0.4, 0.5) is 0 Å². The van der Waals surface area contributed by atoms with Gasteiger partial charge in [0.05, 0.1) is 39.1 Å². The Morgan fingerprint density at radius 2 is 2.00 bits per heavy atom. The minimum Gasteiger partial charge on any atom is -0.492 e. The highest BCUT2D eigenvalue weighted by molar-refractivity contribution is 7.89. The molecule has 154 valence electrons. The highest BCUT2D eigenvalue weighted by Gasteiger charge is 2.26. The van der Waals surface area contributed by atoms with Crippen molar-refractivity contribution in [2.45, 2.75) is 24.8 Å². The molecule has 0 unspecified atom stereocenters. The number of benzene rings is 1. The number of hydrogen-bond acceptors (Lipinski definition) is 9. The molecule has 1 saturated heterocycles. The fourth-order valence-corrected chi connectivity index (χ4v) is 3.87. The van der Waals surface area contributed by atoms with Crippen molar-refractivity contribution in [2.75, 3.05) is 39.6 Å². The van der Waals surface area contributed by atoms with Gasteiger partial charge in [-0.1, -0.05) is 0 Å². The quantitative estimate of drug-likeness (QED) is 0.611. The third-order valence-electron chi connectivity index (χ3n) is 3.90. The minimum atomic E-state index is -3.89. The molecule has 2 heterocycles. The topological polar surface area (TPSA) is 127 Å². The lowest BCUT2D eigenvalue weighted by Gasteiger charge is -2.23. The van der Waals surface area contributed by atoms with Crippen LogP contribution < -0.4 is 14.2 Å². The zero-order valence-electron chi connectivity index (χ0n) is 15.7. The van der Waals surface area contributed by atoms with Gasteiger partial charge in [0.1, 0.15) is 28.4 Å². The SMILES string of the molecule is CCOc1cc(S(=O)(=O)NC[C@@H]2COCCO2)c(OCC)cc1-n1cnnn1. The summed E-state index contributed by atoms with van der Waals surface area (Å²) in [5, 5.41) is 11.1. The highest BCUT2D eigenvalue weighted by Crippen LogP contribution is 2.34. The van der Waals surface area contributed by atoms with E-state index < -0.39 is 10.0 Å². The molecule has 1 aliphatic rings. The Bertz CT molecular complexity index is 868. The van der Waals surface area contributed by atoms with Crippen molar-refractivity contribution < 1.29 is 27.4 Å². The van der Waals surface area contributed by atoms with Crippen LogP contribution in [-0.2, 0) is 19.5 Å². The first kappa shape index (κ1) is 20.5. The standard InChI is InChI=1S/C16H23N5O6S/c1-3-25-14-8-16(28(22,23)18-9-12-10-24-5-6-27-12)15(26-4-2)7-13(14)21-11-17-19-20-21/h7-8,11-12,18H,3-6,9-10H2,1-2H3/t12-/m1/s1. The van der Waals surface area contributed by atoms with Crippen LogP contribution in [0.5, 0.6) is 11.5 Å². The zero-order chi connectivity index (χ0) is 20.0. The van der Waals surface area contributed by atoms with Crippen LogP contribution in [-0.4, -0.2) is 74.3 Å². The maximum Gasteiger partial charge on any atom is 0.244 e. The Kier molecular flexibility index (Phi) is 6.78. The van der Waals surface area contributed by atoms with Gasteiger partial charge < -0.3 is 18.9 Å². The third-order valence-corrected chi connectivity index (χ3v) is 5.34. The molecule has 28 heavy (non-hydrogen) atoms. The fourth-order valence-electron chi connectivity index (χ4n) is 2.67. The van der Waals surface area contributed by atoms with Crippen LogP contribution in [0.15, 0.2) is 23.4 Å². The lowest BCUT2D eigenvalue weighted by Crippen LogP contribution is -2.39. The molecule has 1 aliphatic heterocycles. The van der Waals surface area contributed by atoms with E-state index >= 15 is 0 Å². The van der Waals surface area contributed by atoms with Crippen molar-refractivity contribution in [3.63, 3.8) is 0 Å². The number of ether oxygens (including phenoxy) is 4. The van der Waals surface area contributed by atoms with E-state index in [9.17, 15) is 8.42 Å². The molecule has 0 spiro atoms. The molecular weight excluding hydrogens is 390 g/mol. The van der Waals surface area contributed by atoms with E-state index in [0.29, 0.717) is 37.9 Å². The monoisotopic (exact) mass is 413 g/mol. The van der Waals surface area contributed by atoms with Crippen molar-refractivity contribution >= 4 is 10.0 Å². The largest absolute Gasteiger partial charge is 0.492 e. The maximum absolute atomic E-state index is 12.9. The van der Waals surface area contributed by atoms with E-state index in [1.807, 2.05) is 0 Å². The van der Waals surface area contributed by atoms with Gasteiger partial charge in [0, 0.05) is 18.7 Å². The van der Waals surface area contributed by atoms with Crippen LogP contribution >= 0.6 is 0 Å². The van der Waals surface area contributed by atoms with Crippen LogP contribution in [0, 0.1) is 0 Å². The summed E-state index contributed by atoms with van der Waals surface area (Å²) in [6.07, 6.45) is 1.05. The Balaban J connectivity index is 1.94. The first-order valence-electron chi connectivity index (χ1n) is 8.91. The second kappa shape index (κ2) is 9.28. The first-order chi connectivity index (χ1) is 13.5. The van der Waals surface area contributed by atoms with Gasteiger partial charge >= 0.3 is 0 Å². The lowest BCUT2D eigenvalue weighted by atomic mass is 10.2. The summed E-state index contributed by atoms with van der Waals surface area (Å²) in [4.78, 5) is -0.0358. The smallest absolute Gasteiger partial charge is 0.244 e. The number of nitrogens with one attached hydrogen (secondary N) is 1. The highest BCUT2D eigenvalue weighted by atomic mass is 32.2. The minimum absolute atomic E-state index is 0.0358. The molecule has 1 aromatic heterocycles. The Labute approximate surface area is 163 Å². The summed E-state index contributed by atoms with van der Waals surface area (Å²) in [6, 6.07) is 2.95. The number of aromatic nitrogens is 4. The van der Waals surface area contributed by atoms with E-state index in [4.69, 9.17) is 18.9 Å². The van der Waals surface area contributed by atoms with E-state index in [1.54, 1.807) is 19.9 Å². The molecule has 1 atom stereocenters. The van der Waals surface area contributed by atoms with E-state index in [0.717, 1.165) is 0 Å². The fraction of sp³-hybridized carbons (Fsp3) is 0.562. The maximum atomic E-state index is 12.9. The van der Waals surface area contributed by atoms with Crippen molar-refractivity contribution in [3.8, 4) is 17.2 Å². The molecule has 0 amide bonds. The van der Waals surface area contributed by atoms with Crippen LogP contribution in [0.3, 0.4) is 0 Å². The molecule has 1 N–H and O–H groups in total. The second-order valence-electron chi connectivity index (χ2n) is 5.81. The van der Waals surface area contributed by atoms with Crippen LogP contribution in [0.1, 0.15) is 13.8 Å². The predicted octanol–water partition coefficient (Wildman–Crippen LogP) is 0.153. The summed E-state index contributed by atoms with van der Waals surface area (Å²) in [7, 11) is -3.89. The van der Waals surface area contributed by atoms with Crippen LogP contribution in [0.25, 0.3) is 5.69 Å². The number of tetrazole rings is 1. The summed E-state index contributed by atoms with van der Waals surface area (Å²) in [6.45, 7) is 5.56. The van der Waals surface area contributed by atoms with E-state index in [2.05, 4.69) is 20.2 Å². The molecule has 12 heteroatoms. The molecule has 1 fully saturated rings. The van der Waals surface area contributed by atoms with Crippen molar-refractivity contribution in [1.82, 2.24) is 24.9 Å². The zero-order valence-corrected chi connectivity index (χ0v) is 16.5. The number of nitrogens with zero attached hydrogens (tertiary/aromatic N) is 4. The van der Waals surface area contributed by atoms with Crippen molar-refractivity contribution in [1.29, 1.82) is 0 Å². The number of hydrogen-bond donors (Lipinski definition) is 1. The van der Waals surface area contributed by atoms with E-state index in [1.165, 1.54) is 17.1 Å². The molecule has 11 nitrogen and oxygen atoms in total. The first-order valence-corrected chi connectivity index (χ1v) is 10.4. The van der Waals surface area contributed by atoms with Gasteiger partial charge in [0.2, 0.25) is 10.0 Å². The summed E-state index contributed by atoms with van der Waals surface area (Å²) < 4.78 is 51.8. The van der Waals surface area contributed by atoms with Gasteiger partial charge in [-0.2, -0.15) is 4.68 Å². The van der Waals surface area contributed by atoms with Gasteiger partial charge in [0.25, 0.3) is 0 Å². The Hall–Kier alpha value is -2.28. The Morgan fingerprint density at radius 1 is 1.21 bits per heavy atom. The molecule has 2 aromatic rings. The lowest BCUT2D eigenvalue weighted by molar-refractivity contribution is -0.0846. The molecule has 0 aliphatic carbocycles. The van der Waals surface area contributed by atoms with Crippen molar-refractivity contribution in [2.24, 2.45) is 0 Å². The average Bonchev–Trinajstić information content (AvgIpc) is 3.23. The number of sulfonamides is 1. The summed E-state index contributed by atoms with van der Waals surface area (Å²) in [5.41, 5.74) is 0.471. The molecule has 3 rings (SSSR count). The molecule has 0 bridgehead atoms. The van der Waals surface area contributed by atoms with Crippen molar-refractivity contribution in [3.05, 3.63) is 18.5 Å². The molecule has 1 aromatic carbocycles. The average molecular weight is 413 g/mol. The summed E-state index contributed by atoms with van der Waals surface area (Å²) >= 11 is 0. The molecule has 0 saturated carbocycles. The second-order valence-corrected chi connectivity index (χ2v) is 7.54. The van der Waals surface area contributed by atoms with Gasteiger partial charge in [0.15, 0.2) is 0 Å². The summed E-state index contributed by atoms with van der Waals surface area (Å²) in [5.74, 6) is 0.487. The van der Waals surface area contributed by atoms with Gasteiger partial charge in [-0.15, -0.1) is 5.10 Å². The third kappa shape index (κ3) is 4.76. The van der Waals surface area contributed by atoms with E-state index in [-0.39, 0.29) is 29.9 Å². The number of rotatable bonds is 9. The molecule has 0 radical (unpaired) electrons. The molecular formula is C16H23N5O6S.